The standard InChI is InChI=1S/C16H9Br2N3O/c17-10-6-11(16(22)12(18)7-10)9(8-19)5-15-20-13-3-1-2-4-14(13)21-15/h1-7,22H,(H,20,21). The summed E-state index contributed by atoms with van der Waals surface area (Å²) in [5.41, 5.74) is 2.47. The van der Waals surface area contributed by atoms with Crippen molar-refractivity contribution in [2.45, 2.75) is 0 Å². The van der Waals surface area contributed by atoms with E-state index >= 15 is 0 Å². The van der Waals surface area contributed by atoms with E-state index in [-0.39, 0.29) is 5.75 Å². The van der Waals surface area contributed by atoms with Crippen LogP contribution in [0.4, 0.5) is 0 Å². The number of imidazole rings is 1. The van der Waals surface area contributed by atoms with Crippen LogP contribution in [-0.4, -0.2) is 15.1 Å². The van der Waals surface area contributed by atoms with Crippen molar-refractivity contribution in [1.29, 1.82) is 5.26 Å². The Morgan fingerprint density at radius 1 is 1.27 bits per heavy atom. The Hall–Kier alpha value is -2.10. The molecule has 0 atom stereocenters. The third-order valence-electron chi connectivity index (χ3n) is 3.13. The normalized spacial score (nSPS) is 11.6. The molecule has 0 radical (unpaired) electrons. The largest absolute Gasteiger partial charge is 0.506 e. The summed E-state index contributed by atoms with van der Waals surface area (Å²) in [5.74, 6) is 0.584. The molecule has 0 saturated carbocycles. The quantitative estimate of drug-likeness (QED) is 0.583. The van der Waals surface area contributed by atoms with E-state index in [1.807, 2.05) is 24.3 Å². The Labute approximate surface area is 143 Å². The lowest BCUT2D eigenvalue weighted by Crippen LogP contribution is -1.86. The van der Waals surface area contributed by atoms with Crippen LogP contribution in [0.25, 0.3) is 22.7 Å². The number of hydrogen-bond donors (Lipinski definition) is 2. The van der Waals surface area contributed by atoms with E-state index in [9.17, 15) is 10.4 Å². The van der Waals surface area contributed by atoms with Crippen molar-refractivity contribution in [3.63, 3.8) is 0 Å². The first-order chi connectivity index (χ1) is 10.6. The van der Waals surface area contributed by atoms with Crippen molar-refractivity contribution in [3.8, 4) is 11.8 Å². The van der Waals surface area contributed by atoms with Crippen LogP contribution in [0.15, 0.2) is 45.3 Å². The van der Waals surface area contributed by atoms with Gasteiger partial charge in [0.1, 0.15) is 17.6 Å². The van der Waals surface area contributed by atoms with Gasteiger partial charge in [-0.1, -0.05) is 28.1 Å². The summed E-state index contributed by atoms with van der Waals surface area (Å²) in [5, 5.41) is 19.6. The molecular formula is C16H9Br2N3O. The van der Waals surface area contributed by atoms with Gasteiger partial charge in [0.05, 0.1) is 21.1 Å². The molecule has 1 heterocycles. The number of halogens is 2. The summed E-state index contributed by atoms with van der Waals surface area (Å²) >= 11 is 6.62. The molecule has 1 aromatic heterocycles. The van der Waals surface area contributed by atoms with E-state index < -0.39 is 0 Å². The van der Waals surface area contributed by atoms with Gasteiger partial charge in [0.2, 0.25) is 0 Å². The number of allylic oxidation sites excluding steroid dienone is 1. The number of hydrogen-bond acceptors (Lipinski definition) is 3. The Balaban J connectivity index is 2.13. The average molecular weight is 419 g/mol. The van der Waals surface area contributed by atoms with Crippen molar-refractivity contribution < 1.29 is 5.11 Å². The number of phenols is 1. The molecule has 0 spiro atoms. The molecule has 0 amide bonds. The number of aromatic nitrogens is 2. The van der Waals surface area contributed by atoms with Gasteiger partial charge in [-0.05, 0) is 46.3 Å². The Bertz CT molecular complexity index is 905. The highest BCUT2D eigenvalue weighted by atomic mass is 79.9. The number of rotatable bonds is 2. The second kappa shape index (κ2) is 5.95. The SMILES string of the molecule is N#CC(=Cc1nc2ccccc2[nH]1)c1cc(Br)cc(Br)c1O. The summed E-state index contributed by atoms with van der Waals surface area (Å²) in [6.45, 7) is 0. The number of H-pyrrole nitrogens is 1. The number of fused-ring (bicyclic) bond motifs is 1. The van der Waals surface area contributed by atoms with Crippen molar-refractivity contribution in [1.82, 2.24) is 9.97 Å². The number of benzene rings is 2. The van der Waals surface area contributed by atoms with Gasteiger partial charge in [0.25, 0.3) is 0 Å². The maximum absolute atomic E-state index is 10.2. The topological polar surface area (TPSA) is 72.7 Å². The predicted molar refractivity (Wildman–Crippen MR) is 93.1 cm³/mol. The predicted octanol–water partition coefficient (Wildman–Crippen LogP) is 4.86. The second-order valence-electron chi connectivity index (χ2n) is 4.59. The van der Waals surface area contributed by atoms with Gasteiger partial charge in [-0.2, -0.15) is 5.26 Å². The maximum atomic E-state index is 10.2. The number of para-hydroxylation sites is 2. The van der Waals surface area contributed by atoms with Crippen molar-refractivity contribution >= 4 is 54.5 Å². The van der Waals surface area contributed by atoms with Gasteiger partial charge >= 0.3 is 0 Å². The molecule has 0 saturated heterocycles. The van der Waals surface area contributed by atoms with Crippen LogP contribution in [0.1, 0.15) is 11.4 Å². The molecule has 2 aromatic carbocycles. The van der Waals surface area contributed by atoms with Crippen LogP contribution in [0, 0.1) is 11.3 Å². The lowest BCUT2D eigenvalue weighted by Gasteiger charge is -2.06. The lowest BCUT2D eigenvalue weighted by atomic mass is 10.1. The van der Waals surface area contributed by atoms with E-state index in [1.165, 1.54) is 0 Å². The number of aromatic hydroxyl groups is 1. The van der Waals surface area contributed by atoms with Gasteiger partial charge in [-0.25, -0.2) is 4.98 Å². The molecule has 0 fully saturated rings. The van der Waals surface area contributed by atoms with Gasteiger partial charge in [-0.3, -0.25) is 0 Å². The Kier molecular flexibility index (Phi) is 4.01. The summed E-state index contributed by atoms with van der Waals surface area (Å²) in [7, 11) is 0. The molecule has 6 heteroatoms. The number of nitriles is 1. The molecule has 108 valence electrons. The highest BCUT2D eigenvalue weighted by Gasteiger charge is 2.12. The molecule has 3 aromatic rings. The van der Waals surface area contributed by atoms with Crippen LogP contribution >= 0.6 is 31.9 Å². The molecule has 3 rings (SSSR count). The molecule has 0 aliphatic carbocycles. The fourth-order valence-corrected chi connectivity index (χ4v) is 3.34. The third kappa shape index (κ3) is 2.78. The molecule has 2 N–H and O–H groups in total. The van der Waals surface area contributed by atoms with Crippen LogP contribution in [0.2, 0.25) is 0 Å². The first-order valence-corrected chi connectivity index (χ1v) is 7.92. The molecule has 4 nitrogen and oxygen atoms in total. The first kappa shape index (κ1) is 14.8. The number of nitrogens with one attached hydrogen (secondary N) is 1. The van der Waals surface area contributed by atoms with E-state index in [0.29, 0.717) is 21.4 Å². The van der Waals surface area contributed by atoms with E-state index in [4.69, 9.17) is 0 Å². The monoisotopic (exact) mass is 417 g/mol. The van der Waals surface area contributed by atoms with Gasteiger partial charge < -0.3 is 10.1 Å². The smallest absolute Gasteiger partial charge is 0.138 e. The van der Waals surface area contributed by atoms with E-state index in [1.54, 1.807) is 18.2 Å². The zero-order valence-electron chi connectivity index (χ0n) is 11.1. The highest BCUT2D eigenvalue weighted by Crippen LogP contribution is 2.36. The minimum atomic E-state index is 0.0205. The lowest BCUT2D eigenvalue weighted by molar-refractivity contribution is 0.470. The zero-order valence-corrected chi connectivity index (χ0v) is 14.3. The number of phenolic OH excluding ortho intramolecular Hbond substituents is 1. The number of nitrogens with zero attached hydrogens (tertiary/aromatic N) is 2. The minimum absolute atomic E-state index is 0.0205. The molecule has 0 unspecified atom stereocenters. The second-order valence-corrected chi connectivity index (χ2v) is 6.36. The summed E-state index contributed by atoms with van der Waals surface area (Å²) in [6.07, 6.45) is 1.62. The fourth-order valence-electron chi connectivity index (χ4n) is 2.12. The molecule has 0 aliphatic rings. The Morgan fingerprint density at radius 2 is 2.05 bits per heavy atom. The molecule has 22 heavy (non-hydrogen) atoms. The molecule has 0 bridgehead atoms. The van der Waals surface area contributed by atoms with Gasteiger partial charge in [0, 0.05) is 10.0 Å². The maximum Gasteiger partial charge on any atom is 0.138 e. The number of aromatic amines is 1. The van der Waals surface area contributed by atoms with Gasteiger partial charge in [0.15, 0.2) is 0 Å². The van der Waals surface area contributed by atoms with E-state index in [0.717, 1.165) is 15.5 Å². The zero-order chi connectivity index (χ0) is 15.7. The van der Waals surface area contributed by atoms with Crippen molar-refractivity contribution in [2.24, 2.45) is 0 Å². The van der Waals surface area contributed by atoms with Crippen molar-refractivity contribution in [2.75, 3.05) is 0 Å². The first-order valence-electron chi connectivity index (χ1n) is 6.33. The average Bonchev–Trinajstić information content (AvgIpc) is 2.91. The third-order valence-corrected chi connectivity index (χ3v) is 4.19. The van der Waals surface area contributed by atoms with Crippen LogP contribution in [0.3, 0.4) is 0 Å². The minimum Gasteiger partial charge on any atom is -0.506 e. The Morgan fingerprint density at radius 3 is 2.77 bits per heavy atom. The van der Waals surface area contributed by atoms with Crippen molar-refractivity contribution in [3.05, 3.63) is 56.7 Å². The van der Waals surface area contributed by atoms with Crippen LogP contribution < -0.4 is 0 Å². The van der Waals surface area contributed by atoms with Crippen LogP contribution in [0.5, 0.6) is 5.75 Å². The molecular weight excluding hydrogens is 410 g/mol. The summed E-state index contributed by atoms with van der Waals surface area (Å²) < 4.78 is 1.28. The van der Waals surface area contributed by atoms with Crippen LogP contribution in [-0.2, 0) is 0 Å². The molecule has 0 aliphatic heterocycles. The fraction of sp³-hybridized carbons (Fsp3) is 0. The van der Waals surface area contributed by atoms with E-state index in [2.05, 4.69) is 47.9 Å². The van der Waals surface area contributed by atoms with Gasteiger partial charge in [-0.15, -0.1) is 0 Å². The summed E-state index contributed by atoms with van der Waals surface area (Å²) in [4.78, 5) is 7.55. The summed E-state index contributed by atoms with van der Waals surface area (Å²) in [6, 6.07) is 13.1. The highest BCUT2D eigenvalue weighted by molar-refractivity contribution is 9.11.